The van der Waals surface area contributed by atoms with E-state index in [1.54, 1.807) is 19.1 Å². The number of hydrogen-bond acceptors (Lipinski definition) is 5. The highest BCUT2D eigenvalue weighted by molar-refractivity contribution is 6.42. The molecule has 6 nitrogen and oxygen atoms in total. The monoisotopic (exact) mass is 384 g/mol. The maximum absolute atomic E-state index is 11.4. The average Bonchev–Trinajstić information content (AvgIpc) is 2.56. The minimum absolute atomic E-state index is 0.0163. The number of anilines is 2. The third-order valence-corrected chi connectivity index (χ3v) is 4.21. The zero-order valence-corrected chi connectivity index (χ0v) is 14.6. The summed E-state index contributed by atoms with van der Waals surface area (Å²) in [7, 11) is 0. The van der Waals surface area contributed by atoms with Gasteiger partial charge in [0.25, 0.3) is 5.91 Å². The molecule has 124 valence electrons. The number of halogens is 3. The Balaban J connectivity index is 1.83. The molecule has 1 aromatic heterocycles. The normalized spacial score (nSPS) is 13.8. The molecule has 2 aromatic rings. The van der Waals surface area contributed by atoms with Crippen LogP contribution in [0.3, 0.4) is 0 Å². The summed E-state index contributed by atoms with van der Waals surface area (Å²) >= 11 is 17.7. The van der Waals surface area contributed by atoms with Gasteiger partial charge in [0.15, 0.2) is 12.4 Å². The Kier molecular flexibility index (Phi) is 4.80. The fourth-order valence-corrected chi connectivity index (χ4v) is 2.57. The second kappa shape index (κ2) is 6.84. The molecular weight excluding hydrogens is 375 g/mol. The van der Waals surface area contributed by atoms with Gasteiger partial charge in [-0.25, -0.2) is 4.98 Å². The second-order valence-corrected chi connectivity index (χ2v) is 6.12. The van der Waals surface area contributed by atoms with Crippen LogP contribution in [0.15, 0.2) is 29.4 Å². The first kappa shape index (κ1) is 16.8. The van der Waals surface area contributed by atoms with Crippen molar-refractivity contribution in [3.05, 3.63) is 45.0 Å². The number of pyridine rings is 1. The van der Waals surface area contributed by atoms with Crippen LogP contribution in [0, 0.1) is 0 Å². The molecular formula is C15H11Cl3N4O2. The van der Waals surface area contributed by atoms with E-state index in [4.69, 9.17) is 39.5 Å². The van der Waals surface area contributed by atoms with Gasteiger partial charge >= 0.3 is 0 Å². The first-order valence-corrected chi connectivity index (χ1v) is 7.96. The van der Waals surface area contributed by atoms with E-state index >= 15 is 0 Å². The summed E-state index contributed by atoms with van der Waals surface area (Å²) in [6, 6.07) is 6.86. The summed E-state index contributed by atoms with van der Waals surface area (Å²) in [5.41, 5.74) is 4.80. The smallest absolute Gasteiger partial charge is 0.262 e. The van der Waals surface area contributed by atoms with Crippen LogP contribution in [0.1, 0.15) is 12.5 Å². The van der Waals surface area contributed by atoms with Gasteiger partial charge < -0.3 is 10.1 Å². The zero-order chi connectivity index (χ0) is 17.3. The van der Waals surface area contributed by atoms with Gasteiger partial charge in [-0.05, 0) is 36.8 Å². The minimum Gasteiger partial charge on any atom is -0.482 e. The molecule has 0 aliphatic carbocycles. The Morgan fingerprint density at radius 1 is 1.29 bits per heavy atom. The van der Waals surface area contributed by atoms with Crippen molar-refractivity contribution in [3.63, 3.8) is 0 Å². The summed E-state index contributed by atoms with van der Waals surface area (Å²) in [4.78, 5) is 15.4. The lowest BCUT2D eigenvalue weighted by Gasteiger charge is -2.18. The molecule has 9 heteroatoms. The van der Waals surface area contributed by atoms with Gasteiger partial charge in [-0.1, -0.05) is 34.8 Å². The lowest BCUT2D eigenvalue weighted by Crippen LogP contribution is -2.25. The maximum Gasteiger partial charge on any atom is 0.262 e. The van der Waals surface area contributed by atoms with Crippen LogP contribution in [0.25, 0.3) is 0 Å². The van der Waals surface area contributed by atoms with E-state index in [2.05, 4.69) is 20.8 Å². The lowest BCUT2D eigenvalue weighted by molar-refractivity contribution is -0.118. The Hall–Kier alpha value is -2.02. The van der Waals surface area contributed by atoms with Crippen molar-refractivity contribution >= 4 is 57.9 Å². The molecule has 0 atom stereocenters. The van der Waals surface area contributed by atoms with Gasteiger partial charge in [0, 0.05) is 0 Å². The van der Waals surface area contributed by atoms with Crippen LogP contribution in [-0.2, 0) is 4.79 Å². The number of nitrogens with zero attached hydrogens (tertiary/aromatic N) is 2. The summed E-state index contributed by atoms with van der Waals surface area (Å²) in [5.74, 6) is 0.715. The Morgan fingerprint density at radius 3 is 2.88 bits per heavy atom. The summed E-state index contributed by atoms with van der Waals surface area (Å²) in [6.07, 6.45) is 0. The summed E-state index contributed by atoms with van der Waals surface area (Å²) < 4.78 is 5.32. The molecule has 3 rings (SSSR count). The SMILES string of the molecule is C/C(=N\Nc1nc(Cl)c(Cl)cc1Cl)c1ccc2c(c1)NC(=O)CO2. The predicted octanol–water partition coefficient (Wildman–Crippen LogP) is 4.21. The number of fused-ring (bicyclic) bond motifs is 1. The largest absolute Gasteiger partial charge is 0.482 e. The third-order valence-electron chi connectivity index (χ3n) is 3.25. The molecule has 0 radical (unpaired) electrons. The van der Waals surface area contributed by atoms with Gasteiger partial charge in [-0.3, -0.25) is 10.2 Å². The van der Waals surface area contributed by atoms with E-state index in [1.165, 1.54) is 6.07 Å². The quantitative estimate of drug-likeness (QED) is 0.471. The van der Waals surface area contributed by atoms with E-state index in [1.807, 2.05) is 6.07 Å². The van der Waals surface area contributed by atoms with Crippen molar-refractivity contribution < 1.29 is 9.53 Å². The van der Waals surface area contributed by atoms with Crippen molar-refractivity contribution in [3.8, 4) is 5.75 Å². The number of carbonyl (C=O) groups excluding carboxylic acids is 1. The van der Waals surface area contributed by atoms with Crippen molar-refractivity contribution in [1.82, 2.24) is 4.98 Å². The molecule has 2 heterocycles. The van der Waals surface area contributed by atoms with Gasteiger partial charge in [0.05, 0.1) is 21.4 Å². The molecule has 0 spiro atoms. The van der Waals surface area contributed by atoms with Gasteiger partial charge in [0.1, 0.15) is 10.9 Å². The number of ether oxygens (including phenoxy) is 1. The molecule has 1 aliphatic rings. The van der Waals surface area contributed by atoms with Crippen LogP contribution in [-0.4, -0.2) is 23.2 Å². The van der Waals surface area contributed by atoms with Gasteiger partial charge in [0.2, 0.25) is 0 Å². The number of benzene rings is 1. The molecule has 1 aromatic carbocycles. The Morgan fingerprint density at radius 2 is 2.08 bits per heavy atom. The van der Waals surface area contributed by atoms with Gasteiger partial charge in [-0.15, -0.1) is 0 Å². The molecule has 0 unspecified atom stereocenters. The number of carbonyl (C=O) groups is 1. The minimum atomic E-state index is -0.195. The summed E-state index contributed by atoms with van der Waals surface area (Å²) in [6.45, 7) is 1.81. The predicted molar refractivity (Wildman–Crippen MR) is 95.7 cm³/mol. The van der Waals surface area contributed by atoms with E-state index < -0.39 is 0 Å². The topological polar surface area (TPSA) is 75.6 Å². The highest BCUT2D eigenvalue weighted by Crippen LogP contribution is 2.30. The highest BCUT2D eigenvalue weighted by Gasteiger charge is 2.16. The van der Waals surface area contributed by atoms with E-state index in [0.717, 1.165) is 5.56 Å². The summed E-state index contributed by atoms with van der Waals surface area (Å²) in [5, 5.41) is 7.67. The van der Waals surface area contributed by atoms with E-state index in [0.29, 0.717) is 28.0 Å². The van der Waals surface area contributed by atoms with Crippen molar-refractivity contribution in [2.75, 3.05) is 17.3 Å². The standard InChI is InChI=1S/C15H11Cl3N4O2/c1-7(21-22-15-10(17)5-9(16)14(18)20-15)8-2-3-12-11(4-8)19-13(23)6-24-12/h2-5H,6H2,1H3,(H,19,23)(H,20,22)/b21-7+. The molecule has 0 bridgehead atoms. The van der Waals surface area contributed by atoms with Crippen molar-refractivity contribution in [2.45, 2.75) is 6.92 Å². The van der Waals surface area contributed by atoms with Crippen LogP contribution in [0.2, 0.25) is 15.2 Å². The Bertz CT molecular complexity index is 855. The number of nitrogens with one attached hydrogen (secondary N) is 2. The van der Waals surface area contributed by atoms with Crippen LogP contribution < -0.4 is 15.5 Å². The second-order valence-electron chi connectivity index (χ2n) is 4.95. The molecule has 24 heavy (non-hydrogen) atoms. The van der Waals surface area contributed by atoms with Gasteiger partial charge in [-0.2, -0.15) is 5.10 Å². The van der Waals surface area contributed by atoms with E-state index in [9.17, 15) is 4.79 Å². The fraction of sp³-hybridized carbons (Fsp3) is 0.133. The van der Waals surface area contributed by atoms with Crippen molar-refractivity contribution in [1.29, 1.82) is 0 Å². The molecule has 1 aliphatic heterocycles. The Labute approximate surface area is 152 Å². The number of aromatic nitrogens is 1. The number of hydrazone groups is 1. The maximum atomic E-state index is 11.4. The molecule has 1 amide bonds. The number of amides is 1. The van der Waals surface area contributed by atoms with Crippen molar-refractivity contribution in [2.24, 2.45) is 5.10 Å². The van der Waals surface area contributed by atoms with Crippen LogP contribution in [0.5, 0.6) is 5.75 Å². The van der Waals surface area contributed by atoms with Crippen LogP contribution >= 0.6 is 34.8 Å². The fourth-order valence-electron chi connectivity index (χ4n) is 2.03. The molecule has 0 saturated heterocycles. The first-order chi connectivity index (χ1) is 11.4. The molecule has 2 N–H and O–H groups in total. The van der Waals surface area contributed by atoms with E-state index in [-0.39, 0.29) is 22.7 Å². The number of hydrogen-bond donors (Lipinski definition) is 2. The van der Waals surface area contributed by atoms with Crippen LogP contribution in [0.4, 0.5) is 11.5 Å². The molecule has 0 saturated carbocycles. The third kappa shape index (κ3) is 3.56. The highest BCUT2D eigenvalue weighted by atomic mass is 35.5. The number of rotatable bonds is 3. The first-order valence-electron chi connectivity index (χ1n) is 6.83. The zero-order valence-electron chi connectivity index (χ0n) is 12.4. The average molecular weight is 386 g/mol. The molecule has 0 fully saturated rings. The lowest BCUT2D eigenvalue weighted by atomic mass is 10.1.